The molecule has 0 bridgehead atoms. The largest absolute Gasteiger partial charge is 0.490 e. The molecule has 10 heteroatoms. The van der Waals surface area contributed by atoms with Crippen molar-refractivity contribution in [1.82, 2.24) is 9.66 Å². The van der Waals surface area contributed by atoms with Crippen molar-refractivity contribution in [2.24, 2.45) is 5.10 Å². The molecule has 5 rings (SSSR count). The molecule has 0 saturated heterocycles. The van der Waals surface area contributed by atoms with Crippen LogP contribution in [0.2, 0.25) is 10.0 Å². The lowest BCUT2D eigenvalue weighted by molar-refractivity contribution is 0.203. The summed E-state index contributed by atoms with van der Waals surface area (Å²) in [5, 5.41) is 6.67. The third-order valence-electron chi connectivity index (χ3n) is 6.11. The first kappa shape index (κ1) is 27.2. The fourth-order valence-corrected chi connectivity index (χ4v) is 4.81. The number of fused-ring (bicyclic) bond motifs is 2. The molecule has 0 fully saturated rings. The van der Waals surface area contributed by atoms with E-state index in [2.05, 4.69) is 21.0 Å². The van der Waals surface area contributed by atoms with Crippen LogP contribution in [0.25, 0.3) is 33.5 Å². The van der Waals surface area contributed by atoms with Crippen molar-refractivity contribution in [2.45, 2.75) is 33.3 Å². The highest BCUT2D eigenvalue weighted by Gasteiger charge is 2.20. The zero-order chi connectivity index (χ0) is 27.7. The van der Waals surface area contributed by atoms with Gasteiger partial charge in [0.25, 0.3) is 5.56 Å². The average Bonchev–Trinajstić information content (AvgIpc) is 3.35. The highest BCUT2D eigenvalue weighted by atomic mass is 79.9. The van der Waals surface area contributed by atoms with Gasteiger partial charge in [-0.3, -0.25) is 4.79 Å². The first-order chi connectivity index (χ1) is 18.8. The van der Waals surface area contributed by atoms with Gasteiger partial charge in [0.15, 0.2) is 17.3 Å². The number of hydrogen-bond acceptors (Lipinski definition) is 6. The Balaban J connectivity index is 1.67. The first-order valence-electron chi connectivity index (χ1n) is 12.4. The maximum atomic E-state index is 13.6. The normalized spacial score (nSPS) is 12.5. The summed E-state index contributed by atoms with van der Waals surface area (Å²) >= 11 is 16.4. The first-order valence-corrected chi connectivity index (χ1v) is 13.9. The molecule has 7 nitrogen and oxygen atoms in total. The van der Waals surface area contributed by atoms with Crippen LogP contribution in [-0.4, -0.2) is 28.6 Å². The molecule has 2 aromatic heterocycles. The van der Waals surface area contributed by atoms with Gasteiger partial charge >= 0.3 is 0 Å². The minimum Gasteiger partial charge on any atom is -0.490 e. The lowest BCUT2D eigenvalue weighted by Crippen LogP contribution is -2.20. The molecule has 0 spiro atoms. The second kappa shape index (κ2) is 11.4. The molecule has 39 heavy (non-hydrogen) atoms. The molecule has 0 radical (unpaired) electrons. The molecule has 0 aliphatic rings. The van der Waals surface area contributed by atoms with E-state index in [1.54, 1.807) is 48.5 Å². The Kier molecular flexibility index (Phi) is 7.98. The molecule has 3 aromatic carbocycles. The summed E-state index contributed by atoms with van der Waals surface area (Å²) in [6.07, 6.45) is 2.26. The van der Waals surface area contributed by atoms with E-state index < -0.39 is 0 Å². The molecular weight excluding hydrogens is 605 g/mol. The highest BCUT2D eigenvalue weighted by Crippen LogP contribution is 2.43. The van der Waals surface area contributed by atoms with Gasteiger partial charge in [0.1, 0.15) is 10.6 Å². The molecule has 2 heterocycles. The molecule has 1 atom stereocenters. The van der Waals surface area contributed by atoms with Gasteiger partial charge in [-0.1, -0.05) is 42.3 Å². The number of furan rings is 1. The van der Waals surface area contributed by atoms with Gasteiger partial charge in [-0.15, -0.1) is 0 Å². The van der Waals surface area contributed by atoms with E-state index in [0.717, 1.165) is 11.8 Å². The van der Waals surface area contributed by atoms with Gasteiger partial charge in [-0.2, -0.15) is 9.78 Å². The Hall–Kier alpha value is -3.33. The zero-order valence-corrected chi connectivity index (χ0v) is 24.5. The fraction of sp³-hybridized carbons (Fsp3) is 0.207. The minimum atomic E-state index is -0.352. The zero-order valence-electron chi connectivity index (χ0n) is 21.4. The molecule has 0 aliphatic heterocycles. The van der Waals surface area contributed by atoms with E-state index >= 15 is 0 Å². The van der Waals surface area contributed by atoms with Gasteiger partial charge in [0.05, 0.1) is 29.8 Å². The Morgan fingerprint density at radius 2 is 1.95 bits per heavy atom. The summed E-state index contributed by atoms with van der Waals surface area (Å²) in [5.74, 6) is 1.54. The number of hydrogen-bond donors (Lipinski definition) is 0. The number of aromatic nitrogens is 2. The molecule has 5 aromatic rings. The van der Waals surface area contributed by atoms with E-state index in [0.29, 0.717) is 60.4 Å². The summed E-state index contributed by atoms with van der Waals surface area (Å²) in [7, 11) is 0. The quantitative estimate of drug-likeness (QED) is 0.161. The second-order valence-corrected chi connectivity index (χ2v) is 10.4. The number of para-hydroxylation sites is 1. The summed E-state index contributed by atoms with van der Waals surface area (Å²) in [6.45, 7) is 6.28. The number of nitrogens with zero attached hydrogens (tertiary/aromatic N) is 3. The Labute approximate surface area is 243 Å². The van der Waals surface area contributed by atoms with Crippen molar-refractivity contribution in [3.63, 3.8) is 0 Å². The summed E-state index contributed by atoms with van der Waals surface area (Å²) < 4.78 is 19.7. The van der Waals surface area contributed by atoms with Crippen molar-refractivity contribution in [1.29, 1.82) is 0 Å². The number of halogens is 3. The number of benzene rings is 3. The SMILES string of the molecule is CCOc1cc(C=Nn2c(-c3cc4cc(Cl)ccc4o3)nc3ccccc3c2=O)c(Br)c(Cl)c1O[C@@H](C)CC. The van der Waals surface area contributed by atoms with Crippen molar-refractivity contribution in [3.8, 4) is 23.1 Å². The van der Waals surface area contributed by atoms with Crippen LogP contribution < -0.4 is 15.0 Å². The van der Waals surface area contributed by atoms with Crippen LogP contribution in [0.1, 0.15) is 32.8 Å². The third kappa shape index (κ3) is 5.41. The molecule has 0 unspecified atom stereocenters. The average molecular weight is 629 g/mol. The van der Waals surface area contributed by atoms with Crippen LogP contribution in [0.4, 0.5) is 0 Å². The third-order valence-corrected chi connectivity index (χ3v) is 7.79. The van der Waals surface area contributed by atoms with Gasteiger partial charge in [0, 0.05) is 20.4 Å². The van der Waals surface area contributed by atoms with E-state index in [1.165, 1.54) is 10.9 Å². The number of ether oxygens (including phenoxy) is 2. The maximum absolute atomic E-state index is 13.6. The molecule has 0 aliphatic carbocycles. The van der Waals surface area contributed by atoms with Crippen LogP contribution >= 0.6 is 39.1 Å². The standard InChI is InChI=1S/C29H24BrCl2N3O4/c1-4-16(3)38-27-23(37-5-2)14-18(25(30)26(27)32)15-33-35-28(34-21-9-7-6-8-20(21)29(35)36)24-13-17-12-19(31)10-11-22(17)39-24/h6-16H,4-5H2,1-3H3/t16-/m0/s1. The molecule has 0 amide bonds. The van der Waals surface area contributed by atoms with Gasteiger partial charge in [-0.25, -0.2) is 4.98 Å². The fourth-order valence-electron chi connectivity index (χ4n) is 3.99. The van der Waals surface area contributed by atoms with Crippen LogP contribution in [0, 0.1) is 0 Å². The van der Waals surface area contributed by atoms with Crippen molar-refractivity contribution >= 4 is 67.2 Å². The molecule has 200 valence electrons. The highest BCUT2D eigenvalue weighted by molar-refractivity contribution is 9.10. The lowest BCUT2D eigenvalue weighted by Gasteiger charge is -2.19. The van der Waals surface area contributed by atoms with E-state index in [1.807, 2.05) is 26.8 Å². The molecule has 0 saturated carbocycles. The van der Waals surface area contributed by atoms with E-state index in [9.17, 15) is 4.79 Å². The summed E-state index contributed by atoms with van der Waals surface area (Å²) in [4.78, 5) is 18.3. The predicted molar refractivity (Wildman–Crippen MR) is 160 cm³/mol. The minimum absolute atomic E-state index is 0.0587. The number of rotatable bonds is 8. The monoisotopic (exact) mass is 627 g/mol. The smallest absolute Gasteiger partial charge is 0.282 e. The predicted octanol–water partition coefficient (Wildman–Crippen LogP) is 8.34. The van der Waals surface area contributed by atoms with E-state index in [-0.39, 0.29) is 17.5 Å². The topological polar surface area (TPSA) is 78.9 Å². The molecule has 0 N–H and O–H groups in total. The second-order valence-electron chi connectivity index (χ2n) is 8.80. The lowest BCUT2D eigenvalue weighted by atomic mass is 10.2. The van der Waals surface area contributed by atoms with Gasteiger partial charge in [-0.05, 0) is 78.7 Å². The molecular formula is C29H24BrCl2N3O4. The summed E-state index contributed by atoms with van der Waals surface area (Å²) in [5.41, 5.74) is 1.37. The van der Waals surface area contributed by atoms with Crippen LogP contribution in [0.5, 0.6) is 11.5 Å². The Morgan fingerprint density at radius 3 is 2.72 bits per heavy atom. The van der Waals surface area contributed by atoms with Crippen molar-refractivity contribution in [3.05, 3.63) is 85.0 Å². The van der Waals surface area contributed by atoms with Crippen LogP contribution in [-0.2, 0) is 0 Å². The van der Waals surface area contributed by atoms with E-state index in [4.69, 9.17) is 42.1 Å². The van der Waals surface area contributed by atoms with Gasteiger partial charge < -0.3 is 13.9 Å². The maximum Gasteiger partial charge on any atom is 0.282 e. The van der Waals surface area contributed by atoms with Crippen molar-refractivity contribution in [2.75, 3.05) is 6.61 Å². The van der Waals surface area contributed by atoms with Crippen LogP contribution in [0.3, 0.4) is 0 Å². The summed E-state index contributed by atoms with van der Waals surface area (Å²) in [6, 6.07) is 15.9. The Morgan fingerprint density at radius 1 is 1.15 bits per heavy atom. The Bertz CT molecular complexity index is 1780. The van der Waals surface area contributed by atoms with Gasteiger partial charge in [0.2, 0.25) is 5.82 Å². The van der Waals surface area contributed by atoms with Crippen LogP contribution in [0.15, 0.2) is 73.4 Å². The van der Waals surface area contributed by atoms with Crippen molar-refractivity contribution < 1.29 is 13.9 Å².